The highest BCUT2D eigenvalue weighted by molar-refractivity contribution is 7.89. The van der Waals surface area contributed by atoms with Gasteiger partial charge >= 0.3 is 5.97 Å². The molecule has 6 nitrogen and oxygen atoms in total. The van der Waals surface area contributed by atoms with E-state index in [2.05, 4.69) is 9.46 Å². The quantitative estimate of drug-likeness (QED) is 0.365. The van der Waals surface area contributed by atoms with Crippen LogP contribution in [-0.2, 0) is 19.6 Å². The van der Waals surface area contributed by atoms with Crippen LogP contribution in [0.3, 0.4) is 0 Å². The minimum atomic E-state index is -3.74. The molecule has 0 saturated heterocycles. The van der Waals surface area contributed by atoms with Gasteiger partial charge in [-0.3, -0.25) is 4.79 Å². The molecule has 164 valence electrons. The van der Waals surface area contributed by atoms with Gasteiger partial charge in [0.1, 0.15) is 5.75 Å². The Morgan fingerprint density at radius 2 is 1.67 bits per heavy atom. The Hall–Kier alpha value is -2.09. The molecule has 0 radical (unpaired) electrons. The van der Waals surface area contributed by atoms with E-state index in [4.69, 9.17) is 16.3 Å². The van der Waals surface area contributed by atoms with Crippen molar-refractivity contribution in [3.05, 3.63) is 59.1 Å². The van der Waals surface area contributed by atoms with Gasteiger partial charge in [-0.2, -0.15) is 0 Å². The summed E-state index contributed by atoms with van der Waals surface area (Å²) in [6.45, 7) is 0. The van der Waals surface area contributed by atoms with Crippen LogP contribution in [0.4, 0.5) is 0 Å². The Morgan fingerprint density at radius 3 is 2.33 bits per heavy atom. The Kier molecular flexibility index (Phi) is 9.62. The number of unbranched alkanes of at least 4 members (excludes halogenated alkanes) is 3. The smallest absolute Gasteiger partial charge is 0.305 e. The van der Waals surface area contributed by atoms with Crippen LogP contribution >= 0.6 is 11.6 Å². The molecule has 0 saturated carbocycles. The molecule has 0 aromatic heterocycles. The number of ether oxygens (including phenoxy) is 2. The van der Waals surface area contributed by atoms with E-state index in [0.717, 1.165) is 31.2 Å². The first kappa shape index (κ1) is 24.2. The number of nitrogens with one attached hydrogen (secondary N) is 1. The largest absolute Gasteiger partial charge is 0.496 e. The fourth-order valence-electron chi connectivity index (χ4n) is 3.17. The fourth-order valence-corrected chi connectivity index (χ4v) is 4.55. The van der Waals surface area contributed by atoms with Gasteiger partial charge in [0.2, 0.25) is 10.0 Å². The molecule has 1 N–H and O–H groups in total. The van der Waals surface area contributed by atoms with Gasteiger partial charge in [-0.05, 0) is 43.2 Å². The van der Waals surface area contributed by atoms with Gasteiger partial charge < -0.3 is 9.47 Å². The lowest BCUT2D eigenvalue weighted by molar-refractivity contribution is -0.140. The van der Waals surface area contributed by atoms with Crippen molar-refractivity contribution in [2.24, 2.45) is 0 Å². The highest BCUT2D eigenvalue weighted by Gasteiger charge is 2.23. The SMILES string of the molecule is COC(=O)CCCCCCC(NS(=O)(=O)c1ccc(Cl)cc1)c1ccccc1OC. The van der Waals surface area contributed by atoms with Gasteiger partial charge in [-0.1, -0.05) is 49.1 Å². The fraction of sp³-hybridized carbons (Fsp3) is 0.409. The van der Waals surface area contributed by atoms with Gasteiger partial charge in [-0.25, -0.2) is 13.1 Å². The third kappa shape index (κ3) is 7.31. The van der Waals surface area contributed by atoms with Crippen molar-refractivity contribution in [3.63, 3.8) is 0 Å². The summed E-state index contributed by atoms with van der Waals surface area (Å²) in [5.74, 6) is 0.421. The second-order valence-electron chi connectivity index (χ2n) is 6.90. The lowest BCUT2D eigenvalue weighted by Gasteiger charge is -2.21. The van der Waals surface area contributed by atoms with Crippen LogP contribution in [0.25, 0.3) is 0 Å². The normalized spacial score (nSPS) is 12.4. The number of methoxy groups -OCH3 is 2. The molecular weight excluding hydrogens is 426 g/mol. The topological polar surface area (TPSA) is 81.7 Å². The number of halogens is 1. The van der Waals surface area contributed by atoms with E-state index < -0.39 is 16.1 Å². The van der Waals surface area contributed by atoms with E-state index in [9.17, 15) is 13.2 Å². The van der Waals surface area contributed by atoms with Gasteiger partial charge in [0.15, 0.2) is 0 Å². The molecule has 1 atom stereocenters. The van der Waals surface area contributed by atoms with E-state index in [1.54, 1.807) is 19.2 Å². The van der Waals surface area contributed by atoms with E-state index in [1.807, 2.05) is 24.3 Å². The minimum absolute atomic E-state index is 0.157. The molecule has 0 fully saturated rings. The molecule has 0 amide bonds. The Labute approximate surface area is 183 Å². The van der Waals surface area contributed by atoms with Crippen LogP contribution in [0.5, 0.6) is 5.75 Å². The third-order valence-corrected chi connectivity index (χ3v) is 6.53. The number of sulfonamides is 1. The zero-order valence-electron chi connectivity index (χ0n) is 17.3. The van der Waals surface area contributed by atoms with Gasteiger partial charge in [0.05, 0.1) is 25.2 Å². The second kappa shape index (κ2) is 11.9. The van der Waals surface area contributed by atoms with Crippen molar-refractivity contribution >= 4 is 27.6 Å². The maximum absolute atomic E-state index is 12.9. The third-order valence-electron chi connectivity index (χ3n) is 4.79. The van der Waals surface area contributed by atoms with Crippen LogP contribution in [0, 0.1) is 0 Å². The van der Waals surface area contributed by atoms with Crippen molar-refractivity contribution < 1.29 is 22.7 Å². The predicted molar refractivity (Wildman–Crippen MR) is 117 cm³/mol. The Bertz CT molecular complexity index is 915. The number of carbonyl (C=O) groups is 1. The van der Waals surface area contributed by atoms with Crippen molar-refractivity contribution in [2.75, 3.05) is 14.2 Å². The van der Waals surface area contributed by atoms with Crippen molar-refractivity contribution in [2.45, 2.75) is 49.5 Å². The molecule has 1 unspecified atom stereocenters. The zero-order chi connectivity index (χ0) is 22.0. The lowest BCUT2D eigenvalue weighted by atomic mass is 9.99. The van der Waals surface area contributed by atoms with E-state index in [-0.39, 0.29) is 10.9 Å². The summed E-state index contributed by atoms with van der Waals surface area (Å²) in [7, 11) is -0.789. The maximum atomic E-state index is 12.9. The summed E-state index contributed by atoms with van der Waals surface area (Å²) in [5.41, 5.74) is 0.784. The molecule has 2 aromatic rings. The number of rotatable bonds is 12. The van der Waals surface area contributed by atoms with E-state index in [1.165, 1.54) is 19.2 Å². The molecule has 30 heavy (non-hydrogen) atoms. The minimum Gasteiger partial charge on any atom is -0.496 e. The van der Waals surface area contributed by atoms with Gasteiger partial charge in [-0.15, -0.1) is 0 Å². The van der Waals surface area contributed by atoms with E-state index in [0.29, 0.717) is 23.6 Å². The molecule has 0 spiro atoms. The predicted octanol–water partition coefficient (Wildman–Crippen LogP) is 4.88. The molecule has 0 heterocycles. The summed E-state index contributed by atoms with van der Waals surface area (Å²) in [6.07, 6.45) is 4.31. The van der Waals surface area contributed by atoms with Gasteiger partial charge in [0.25, 0.3) is 0 Å². The average molecular weight is 454 g/mol. The average Bonchev–Trinajstić information content (AvgIpc) is 2.75. The molecule has 0 bridgehead atoms. The molecule has 8 heteroatoms. The summed E-state index contributed by atoms with van der Waals surface area (Å²) < 4.78 is 38.7. The monoisotopic (exact) mass is 453 g/mol. The number of hydrogen-bond donors (Lipinski definition) is 1. The van der Waals surface area contributed by atoms with Crippen LogP contribution in [0.1, 0.15) is 50.1 Å². The van der Waals surface area contributed by atoms with E-state index >= 15 is 0 Å². The first-order chi connectivity index (χ1) is 14.4. The Morgan fingerprint density at radius 1 is 1.00 bits per heavy atom. The summed E-state index contributed by atoms with van der Waals surface area (Å²) in [5, 5.41) is 0.474. The molecule has 0 aliphatic heterocycles. The lowest BCUT2D eigenvalue weighted by Crippen LogP contribution is -2.29. The van der Waals surface area contributed by atoms with Gasteiger partial charge in [0, 0.05) is 17.0 Å². The van der Waals surface area contributed by atoms with Crippen LogP contribution in [0.15, 0.2) is 53.4 Å². The maximum Gasteiger partial charge on any atom is 0.305 e. The highest BCUT2D eigenvalue weighted by atomic mass is 35.5. The second-order valence-corrected chi connectivity index (χ2v) is 9.05. The van der Waals surface area contributed by atoms with Crippen LogP contribution in [0.2, 0.25) is 5.02 Å². The first-order valence-electron chi connectivity index (χ1n) is 9.85. The molecule has 0 aliphatic carbocycles. The van der Waals surface area contributed by atoms with Crippen LogP contribution < -0.4 is 9.46 Å². The molecule has 0 aliphatic rings. The summed E-state index contributed by atoms with van der Waals surface area (Å²) in [4.78, 5) is 11.4. The molecular formula is C22H28ClNO5S. The Balaban J connectivity index is 2.10. The highest BCUT2D eigenvalue weighted by Crippen LogP contribution is 2.30. The number of hydrogen-bond acceptors (Lipinski definition) is 5. The molecule has 2 aromatic carbocycles. The van der Waals surface area contributed by atoms with Crippen LogP contribution in [-0.4, -0.2) is 28.6 Å². The first-order valence-corrected chi connectivity index (χ1v) is 11.7. The standard InChI is InChI=1S/C22H28ClNO5S/c1-28-21-11-8-7-9-19(21)20(10-5-3-4-6-12-22(25)29-2)24-30(26,27)18-15-13-17(23)14-16-18/h7-9,11,13-16,20,24H,3-6,10,12H2,1-2H3. The van der Waals surface area contributed by atoms with Crippen molar-refractivity contribution in [3.8, 4) is 5.75 Å². The summed E-state index contributed by atoms with van der Waals surface area (Å²) in [6, 6.07) is 13.0. The number of benzene rings is 2. The van der Waals surface area contributed by atoms with Crippen molar-refractivity contribution in [1.29, 1.82) is 0 Å². The summed E-state index contributed by atoms with van der Waals surface area (Å²) >= 11 is 5.88. The number of esters is 1. The number of carbonyl (C=O) groups excluding carboxylic acids is 1. The molecule has 2 rings (SSSR count). The zero-order valence-corrected chi connectivity index (χ0v) is 18.8. The van der Waals surface area contributed by atoms with Crippen molar-refractivity contribution in [1.82, 2.24) is 4.72 Å². The number of para-hydroxylation sites is 1.